The molecule has 9 nitrogen and oxygen atoms in total. The summed E-state index contributed by atoms with van der Waals surface area (Å²) < 4.78 is 6.43. The van der Waals surface area contributed by atoms with Gasteiger partial charge in [-0.2, -0.15) is 0 Å². The molecular weight excluding hydrogens is 774 g/mol. The summed E-state index contributed by atoms with van der Waals surface area (Å²) in [5.74, 6) is -0.339. The second-order valence-corrected chi connectivity index (χ2v) is 23.2. The number of benzene rings is 1. The van der Waals surface area contributed by atoms with Crippen molar-refractivity contribution in [1.29, 1.82) is 0 Å². The van der Waals surface area contributed by atoms with Crippen molar-refractivity contribution >= 4 is 35.2 Å². The summed E-state index contributed by atoms with van der Waals surface area (Å²) in [6.45, 7) is 24.1. The van der Waals surface area contributed by atoms with Crippen molar-refractivity contribution in [2.24, 2.45) is 62.6 Å². The molecule has 1 aromatic carbocycles. The van der Waals surface area contributed by atoms with Crippen LogP contribution in [0.4, 0.5) is 0 Å². The van der Waals surface area contributed by atoms with E-state index in [4.69, 9.17) is 21.3 Å². The predicted octanol–water partition coefficient (Wildman–Crippen LogP) is 10.5. The van der Waals surface area contributed by atoms with Gasteiger partial charge in [0.2, 0.25) is 5.91 Å². The highest BCUT2D eigenvalue weighted by Crippen LogP contribution is 2.76. The summed E-state index contributed by atoms with van der Waals surface area (Å²) >= 11 is 6.15. The minimum atomic E-state index is -0.986. The van der Waals surface area contributed by atoms with Gasteiger partial charge in [-0.1, -0.05) is 86.0 Å². The fourth-order valence-corrected chi connectivity index (χ4v) is 14.9. The largest absolute Gasteiger partial charge is 0.481 e. The number of carbonyl (C=O) groups is 4. The van der Waals surface area contributed by atoms with Crippen molar-refractivity contribution in [2.75, 3.05) is 0 Å². The lowest BCUT2D eigenvalue weighted by atomic mass is 9.33. The van der Waals surface area contributed by atoms with Gasteiger partial charge < -0.3 is 20.1 Å². The molecule has 1 aromatic heterocycles. The number of esters is 1. The Labute approximate surface area is 362 Å². The van der Waals surface area contributed by atoms with Gasteiger partial charge in [-0.3, -0.25) is 19.2 Å². The van der Waals surface area contributed by atoms with Crippen molar-refractivity contribution in [1.82, 2.24) is 15.3 Å². The van der Waals surface area contributed by atoms with Crippen LogP contribution in [-0.4, -0.2) is 50.3 Å². The second-order valence-electron chi connectivity index (χ2n) is 22.8. The average Bonchev–Trinajstić information content (AvgIpc) is 3.76. The fraction of sp³-hybridized carbons (Fsp3) is 0.700. The van der Waals surface area contributed by atoms with Gasteiger partial charge in [-0.15, -0.1) is 0 Å². The van der Waals surface area contributed by atoms with Crippen LogP contribution < -0.4 is 5.32 Å². The zero-order chi connectivity index (χ0) is 43.7. The van der Waals surface area contributed by atoms with E-state index < -0.39 is 34.2 Å². The first-order valence-corrected chi connectivity index (χ1v) is 23.1. The number of ketones is 1. The van der Waals surface area contributed by atoms with E-state index in [9.17, 15) is 24.3 Å². The van der Waals surface area contributed by atoms with Gasteiger partial charge in [0, 0.05) is 16.9 Å². The van der Waals surface area contributed by atoms with E-state index >= 15 is 0 Å². The van der Waals surface area contributed by atoms with Gasteiger partial charge in [0.05, 0.1) is 29.3 Å². The Morgan fingerprint density at radius 3 is 2.20 bits per heavy atom. The van der Waals surface area contributed by atoms with E-state index in [2.05, 4.69) is 58.8 Å². The number of nitrogens with zero attached hydrogens (tertiary/aromatic N) is 1. The molecule has 6 aliphatic carbocycles. The van der Waals surface area contributed by atoms with Crippen molar-refractivity contribution in [3.63, 3.8) is 0 Å². The van der Waals surface area contributed by atoms with E-state index in [-0.39, 0.29) is 57.3 Å². The maximum Gasteiger partial charge on any atom is 0.309 e. The van der Waals surface area contributed by atoms with E-state index in [1.54, 1.807) is 6.20 Å². The Kier molecular flexibility index (Phi) is 10.1. The molecular formula is C50H68ClN3O6. The quantitative estimate of drug-likeness (QED) is 0.225. The number of rotatable bonds is 8. The molecule has 60 heavy (non-hydrogen) atoms. The van der Waals surface area contributed by atoms with Crippen LogP contribution in [0.2, 0.25) is 5.02 Å². The Bertz CT molecular complexity index is 2150. The number of hydrogen-bond donors (Lipinski definition) is 3. The van der Waals surface area contributed by atoms with Gasteiger partial charge in [-0.25, -0.2) is 4.98 Å². The van der Waals surface area contributed by atoms with Crippen LogP contribution in [0.5, 0.6) is 0 Å². The number of halogens is 1. The molecule has 0 bridgehead atoms. The number of amides is 1. The zero-order valence-electron chi connectivity index (χ0n) is 37.8. The molecule has 1 heterocycles. The summed E-state index contributed by atoms with van der Waals surface area (Å²) in [6, 6.07) is 7.54. The average molecular weight is 843 g/mol. The van der Waals surface area contributed by atoms with Crippen molar-refractivity contribution in [3.05, 3.63) is 52.5 Å². The molecule has 10 atom stereocenters. The van der Waals surface area contributed by atoms with Crippen molar-refractivity contribution in [3.8, 4) is 11.3 Å². The molecule has 5 saturated carbocycles. The number of H-pyrrole nitrogens is 1. The summed E-state index contributed by atoms with van der Waals surface area (Å²) in [7, 11) is 0. The smallest absolute Gasteiger partial charge is 0.309 e. The summed E-state index contributed by atoms with van der Waals surface area (Å²) in [4.78, 5) is 62.6. The first-order chi connectivity index (χ1) is 27.8. The first kappa shape index (κ1) is 43.2. The molecule has 0 saturated heterocycles. The Morgan fingerprint density at radius 2 is 1.57 bits per heavy atom. The number of aliphatic carboxylic acids is 1. The molecule has 8 rings (SSSR count). The lowest BCUT2D eigenvalue weighted by Gasteiger charge is -2.72. The normalized spacial score (nSPS) is 37.9. The van der Waals surface area contributed by atoms with Gasteiger partial charge in [0.15, 0.2) is 5.78 Å². The Hall–Kier alpha value is -3.46. The van der Waals surface area contributed by atoms with Crippen LogP contribution in [0.25, 0.3) is 11.3 Å². The number of nitrogens with one attached hydrogen (secondary N) is 2. The van der Waals surface area contributed by atoms with Crippen LogP contribution >= 0.6 is 11.6 Å². The maximum atomic E-state index is 14.7. The van der Waals surface area contributed by atoms with Crippen molar-refractivity contribution in [2.45, 2.75) is 157 Å². The fourth-order valence-electron chi connectivity index (χ4n) is 14.8. The minimum Gasteiger partial charge on any atom is -0.481 e. The number of allylic oxidation sites excluding steroid dienone is 1. The SMILES string of the molecule is CC(C)C1=C2[C@H]3CC[C@@H]4[C@@]5(C)CC[C@H](OC(=O)[C@H]6C[C@@H](C(=O)O)C6(C)C)C(C)(C)[C@@H]5CC[C@@]4(C)[C@]3(C)CC[C@@]2(NC(=O)C(C)(C)c2ncc(-c3ccc(Cl)cc3)[nH]2)CC1=O. The summed E-state index contributed by atoms with van der Waals surface area (Å²) in [5, 5.41) is 13.9. The number of aromatic amines is 1. The van der Waals surface area contributed by atoms with Crippen LogP contribution in [0.1, 0.15) is 146 Å². The van der Waals surface area contributed by atoms with E-state index in [1.807, 2.05) is 52.0 Å². The Balaban J connectivity index is 1.05. The monoisotopic (exact) mass is 841 g/mol. The van der Waals surface area contributed by atoms with E-state index in [0.29, 0.717) is 35.5 Å². The molecule has 2 aromatic rings. The highest BCUT2D eigenvalue weighted by molar-refractivity contribution is 6.30. The third-order valence-corrected chi connectivity index (χ3v) is 19.0. The first-order valence-electron chi connectivity index (χ1n) is 22.7. The van der Waals surface area contributed by atoms with Crippen LogP contribution in [-0.2, 0) is 29.3 Å². The van der Waals surface area contributed by atoms with Gasteiger partial charge in [0.1, 0.15) is 17.3 Å². The molecule has 0 spiro atoms. The number of fused-ring (bicyclic) bond motifs is 7. The maximum absolute atomic E-state index is 14.7. The van der Waals surface area contributed by atoms with Crippen molar-refractivity contribution < 1.29 is 29.0 Å². The summed E-state index contributed by atoms with van der Waals surface area (Å²) in [6.07, 6.45) is 9.75. The molecule has 0 unspecified atom stereocenters. The second kappa shape index (κ2) is 14.0. The minimum absolute atomic E-state index is 0.00492. The number of hydrogen-bond acceptors (Lipinski definition) is 6. The number of ether oxygens (including phenoxy) is 1. The zero-order valence-corrected chi connectivity index (χ0v) is 38.6. The number of carboxylic acids is 1. The molecule has 0 aliphatic heterocycles. The lowest BCUT2D eigenvalue weighted by molar-refractivity contribution is -0.235. The number of Topliss-reactive ketones (excluding diaryl/α,β-unsaturated/α-hetero) is 1. The number of aromatic nitrogens is 2. The molecule has 326 valence electrons. The Morgan fingerprint density at radius 1 is 0.883 bits per heavy atom. The van der Waals surface area contributed by atoms with Gasteiger partial charge in [-0.05, 0) is 146 Å². The molecule has 6 aliphatic rings. The lowest BCUT2D eigenvalue weighted by Crippen LogP contribution is -2.67. The van der Waals surface area contributed by atoms with Crippen LogP contribution in [0.3, 0.4) is 0 Å². The highest BCUT2D eigenvalue weighted by Gasteiger charge is 2.71. The molecule has 5 fully saturated rings. The number of imidazole rings is 1. The van der Waals surface area contributed by atoms with E-state index in [0.717, 1.165) is 68.2 Å². The molecule has 1 amide bonds. The number of carboxylic acid groups (broad SMARTS) is 1. The molecule has 0 radical (unpaired) electrons. The third-order valence-electron chi connectivity index (χ3n) is 18.7. The topological polar surface area (TPSA) is 138 Å². The number of carbonyl (C=O) groups excluding carboxylic acids is 3. The summed E-state index contributed by atoms with van der Waals surface area (Å²) in [5.41, 5.74) is 1.28. The predicted molar refractivity (Wildman–Crippen MR) is 233 cm³/mol. The van der Waals surface area contributed by atoms with Crippen LogP contribution in [0, 0.1) is 62.6 Å². The molecule has 10 heteroatoms. The van der Waals surface area contributed by atoms with Crippen LogP contribution in [0.15, 0.2) is 41.6 Å². The molecule has 3 N–H and O–H groups in total. The van der Waals surface area contributed by atoms with Gasteiger partial charge >= 0.3 is 11.9 Å². The highest BCUT2D eigenvalue weighted by atomic mass is 35.5. The standard InChI is InChI=1S/C50H68ClN3O6/c1-27(2)38-34(55)25-50(54-43(59)46(7,8)42-52-26-33(53-42)28-12-14-29(51)15-13-28)23-22-48(10)30(39(38)50)16-17-36-47(9)20-19-37(45(5,6)35(47)18-21-49(36,48)11)60-41(58)32-24-31(40(56)57)44(32,3)4/h12-15,26-27,30-32,35-37H,16-25H2,1-11H3,(H,52,53)(H,54,59)(H,56,57)/t30-,31+,32-,35+,36-,37+,47+,48-,49-,50-/m1/s1. The van der Waals surface area contributed by atoms with E-state index in [1.165, 1.54) is 5.57 Å². The third kappa shape index (κ3) is 6.07. The van der Waals surface area contributed by atoms with Gasteiger partial charge in [0.25, 0.3) is 0 Å².